The first-order valence-corrected chi connectivity index (χ1v) is 45.1. The highest BCUT2D eigenvalue weighted by molar-refractivity contribution is 7.27. The van der Waals surface area contributed by atoms with Gasteiger partial charge < -0.3 is 4.57 Å². The van der Waals surface area contributed by atoms with Crippen molar-refractivity contribution in [3.05, 3.63) is 436 Å². The Hall–Kier alpha value is -16.6. The van der Waals surface area contributed by atoms with E-state index in [1.807, 2.05) is 11.3 Å². The van der Waals surface area contributed by atoms with E-state index in [4.69, 9.17) is 21.5 Å². The van der Waals surface area contributed by atoms with Crippen LogP contribution in [0.4, 0.5) is 0 Å². The van der Waals surface area contributed by atoms with Crippen LogP contribution in [0.2, 0.25) is 0 Å². The van der Waals surface area contributed by atoms with Gasteiger partial charge in [-0.1, -0.05) is 316 Å². The number of nitrogens with zero attached hydrogens (tertiary/aromatic N) is 4. The molecule has 0 aliphatic rings. The Bertz CT molecular complexity index is 9450. The maximum atomic E-state index is 5.74. The summed E-state index contributed by atoms with van der Waals surface area (Å²) in [6.45, 7) is 6.84. The van der Waals surface area contributed by atoms with Crippen LogP contribution in [0.3, 0.4) is 0 Å². The zero-order valence-electron chi connectivity index (χ0n) is 70.4. The molecule has 0 amide bonds. The van der Waals surface area contributed by atoms with Gasteiger partial charge in [-0.3, -0.25) is 15.0 Å². The van der Waals surface area contributed by atoms with Gasteiger partial charge in [-0.25, -0.2) is 0 Å². The molecule has 5 heteroatoms. The van der Waals surface area contributed by atoms with Gasteiger partial charge in [0.1, 0.15) is 0 Å². The fourth-order valence-corrected chi connectivity index (χ4v) is 22.6. The maximum Gasteiger partial charge on any atom is 0.0971 e. The monoisotopic (exact) mass is 1650 g/mol. The molecule has 0 aliphatic carbocycles. The van der Waals surface area contributed by atoms with Crippen molar-refractivity contribution >= 4 is 185 Å². The summed E-state index contributed by atoms with van der Waals surface area (Å²) in [4.78, 5) is 15.5. The van der Waals surface area contributed by atoms with Gasteiger partial charge in [-0.05, 0) is 301 Å². The molecule has 26 aromatic rings. The molecule has 4 aromatic heterocycles. The van der Waals surface area contributed by atoms with Gasteiger partial charge >= 0.3 is 0 Å². The molecule has 0 saturated heterocycles. The minimum absolute atomic E-state index is 0.891. The zero-order chi connectivity index (χ0) is 85.1. The minimum Gasteiger partial charge on any atom is -0.309 e. The first kappa shape index (κ1) is 73.9. The molecule has 22 aromatic carbocycles. The van der Waals surface area contributed by atoms with Crippen molar-refractivity contribution in [2.45, 2.75) is 6.92 Å². The normalized spacial score (nSPS) is 12.3. The number of para-hydroxylation sites is 1. The Kier molecular flexibility index (Phi) is 16.9. The number of pyridine rings is 1. The largest absolute Gasteiger partial charge is 0.309 e. The highest BCUT2D eigenvalue weighted by atomic mass is 32.1. The van der Waals surface area contributed by atoms with Crippen molar-refractivity contribution in [3.63, 3.8) is 0 Å². The van der Waals surface area contributed by atoms with E-state index in [1.165, 1.54) is 128 Å². The molecule has 598 valence electrons. The second-order valence-corrected chi connectivity index (χ2v) is 35.4. The van der Waals surface area contributed by atoms with Crippen molar-refractivity contribution in [2.24, 2.45) is 0 Å². The Balaban J connectivity index is 0.643. The molecule has 4 nitrogen and oxygen atoms in total. The smallest absolute Gasteiger partial charge is 0.0971 e. The van der Waals surface area contributed by atoms with E-state index in [0.717, 1.165) is 149 Å². The van der Waals surface area contributed by atoms with Crippen LogP contribution >= 0.6 is 11.3 Å². The van der Waals surface area contributed by atoms with Gasteiger partial charge in [0.05, 0.1) is 27.6 Å². The molecular weight excluding hydrogens is 1580 g/mol. The summed E-state index contributed by atoms with van der Waals surface area (Å²) < 4.78 is 4.86. The molecule has 0 saturated carbocycles. The SMILES string of the molecule is C=c1/c(=C\C=C/C)n(-c2ccccc2)c2ccc(-c3cccc(-c4cc5c6ccccc6c6ccccc6c5cc4-c4cc(-c5cc6c7ccccc7c7ccc(-c8ccc9c%10cc(-c%11cccc(-c%12ccc%13c%14ccccc%14c%14nccnc%14c%13c%12)c%11)ccc%10c%10ccccc%10c9c8)cc7c6cn5)cc(-c5cccc6c5sc5c(-c7ccccc7)cccc56)c4)c3)cc12. The standard InChI is InChI=1S/C124H76N4S/c1-3-4-47-119-74(2)107-65-83(52-57-120(107)128(119)88-31-9-6-10-32-88)78-29-22-30-84(61-78)108-70-113-97-39-16-11-33-91(97)92-34-12-17-40-98(92)114(113)71-109(108)86-62-85(90-44-24-46-106-105-45-23-43-89(123(105)129-124(90)106)75-25-7-5-8-26-75)63-87(64-86)118-72-115-99-41-18-14-36-94(99)101-54-49-81(68-112(101)117(115)73-127-118)80-51-56-103-110(67-80)96-38-15-13-35-93(96)100-53-48-79(66-111(100)103)76-27-21-28-77(60-76)82-50-55-102-95-37-19-20-42-104(95)121-122(116(102)69-82)126-59-58-125-121/h3-73H,2H2,1H3/b4-3-,119-47+. The summed E-state index contributed by atoms with van der Waals surface area (Å²) in [7, 11) is 0. The summed E-state index contributed by atoms with van der Waals surface area (Å²) in [5.41, 5.74) is 24.3. The van der Waals surface area contributed by atoms with E-state index in [2.05, 4.69) is 430 Å². The number of hydrogen-bond donors (Lipinski definition) is 0. The number of fused-ring (bicyclic) bond motifs is 28. The first-order chi connectivity index (χ1) is 63.8. The number of aromatic nitrogens is 4. The number of allylic oxidation sites excluding steroid dienone is 2. The molecule has 0 fully saturated rings. The minimum atomic E-state index is 0.891. The summed E-state index contributed by atoms with van der Waals surface area (Å²) in [5, 5.41) is 31.9. The molecule has 0 radical (unpaired) electrons. The zero-order valence-corrected chi connectivity index (χ0v) is 71.2. The van der Waals surface area contributed by atoms with Crippen LogP contribution in [-0.4, -0.2) is 19.5 Å². The second kappa shape index (κ2) is 29.6. The van der Waals surface area contributed by atoms with E-state index in [1.54, 1.807) is 12.4 Å². The highest BCUT2D eigenvalue weighted by Crippen LogP contribution is 2.51. The summed E-state index contributed by atoms with van der Waals surface area (Å²) in [6, 6.07) is 147. The van der Waals surface area contributed by atoms with Crippen molar-refractivity contribution in [2.75, 3.05) is 0 Å². The van der Waals surface area contributed by atoms with Gasteiger partial charge in [-0.2, -0.15) is 0 Å². The van der Waals surface area contributed by atoms with Crippen LogP contribution in [0.15, 0.2) is 425 Å². The lowest BCUT2D eigenvalue weighted by atomic mass is 9.85. The predicted molar refractivity (Wildman–Crippen MR) is 553 cm³/mol. The molecule has 0 N–H and O–H groups in total. The van der Waals surface area contributed by atoms with Gasteiger partial charge in [0, 0.05) is 76.8 Å². The van der Waals surface area contributed by atoms with Crippen molar-refractivity contribution in [1.82, 2.24) is 19.5 Å². The third-order valence-electron chi connectivity index (χ3n) is 27.3. The van der Waals surface area contributed by atoms with E-state index in [-0.39, 0.29) is 0 Å². The van der Waals surface area contributed by atoms with E-state index in [0.29, 0.717) is 0 Å². The van der Waals surface area contributed by atoms with E-state index >= 15 is 0 Å². The average molecular weight is 1650 g/mol. The van der Waals surface area contributed by atoms with Crippen molar-refractivity contribution in [3.8, 4) is 106 Å². The maximum absolute atomic E-state index is 5.74. The molecule has 129 heavy (non-hydrogen) atoms. The third kappa shape index (κ3) is 11.9. The van der Waals surface area contributed by atoms with Crippen LogP contribution < -0.4 is 10.6 Å². The highest BCUT2D eigenvalue weighted by Gasteiger charge is 2.24. The Labute approximate surface area is 747 Å². The quantitative estimate of drug-likeness (QED) is 0.121. The summed E-state index contributed by atoms with van der Waals surface area (Å²) in [5.74, 6) is 0. The van der Waals surface area contributed by atoms with Crippen LogP contribution in [0.1, 0.15) is 6.92 Å². The third-order valence-corrected chi connectivity index (χ3v) is 28.6. The Morgan fingerprint density at radius 3 is 1.12 bits per heavy atom. The molecule has 26 rings (SSSR count). The van der Waals surface area contributed by atoms with Crippen LogP contribution in [-0.2, 0) is 0 Å². The molecule has 0 unspecified atom stereocenters. The fraction of sp³-hybridized carbons (Fsp3) is 0.00806. The summed E-state index contributed by atoms with van der Waals surface area (Å²) >= 11 is 1.89. The van der Waals surface area contributed by atoms with Gasteiger partial charge in [-0.15, -0.1) is 11.3 Å². The summed E-state index contributed by atoms with van der Waals surface area (Å²) in [6.07, 6.45) is 12.1. The fourth-order valence-electron chi connectivity index (χ4n) is 21.2. The molecular formula is C124H76N4S. The number of hydrogen-bond acceptors (Lipinski definition) is 4. The van der Waals surface area contributed by atoms with Crippen molar-refractivity contribution in [1.29, 1.82) is 0 Å². The Morgan fingerprint density at radius 1 is 0.240 bits per heavy atom. The average Bonchev–Trinajstić information content (AvgIpc) is 1.62. The van der Waals surface area contributed by atoms with Gasteiger partial charge in [0.25, 0.3) is 0 Å². The lowest BCUT2D eigenvalue weighted by molar-refractivity contribution is 1.07. The van der Waals surface area contributed by atoms with Crippen molar-refractivity contribution < 1.29 is 0 Å². The van der Waals surface area contributed by atoms with Gasteiger partial charge in [0.2, 0.25) is 0 Å². The topological polar surface area (TPSA) is 43.6 Å². The lowest BCUT2D eigenvalue weighted by Crippen LogP contribution is -2.26. The van der Waals surface area contributed by atoms with E-state index < -0.39 is 0 Å². The van der Waals surface area contributed by atoms with Crippen LogP contribution in [0.5, 0.6) is 0 Å². The Morgan fingerprint density at radius 2 is 0.581 bits per heavy atom. The predicted octanol–water partition coefficient (Wildman–Crippen LogP) is 32.8. The lowest BCUT2D eigenvalue weighted by Gasteiger charge is -2.19. The molecule has 0 spiro atoms. The van der Waals surface area contributed by atoms with Crippen LogP contribution in [0.25, 0.3) is 279 Å². The van der Waals surface area contributed by atoms with Crippen LogP contribution in [0, 0.1) is 0 Å². The number of benzene rings is 22. The van der Waals surface area contributed by atoms with Gasteiger partial charge in [0.15, 0.2) is 0 Å². The number of thiophene rings is 1. The molecule has 0 bridgehead atoms. The molecule has 0 atom stereocenters. The second-order valence-electron chi connectivity index (χ2n) is 34.3. The number of rotatable bonds is 11. The molecule has 4 heterocycles. The first-order valence-electron chi connectivity index (χ1n) is 44.3. The molecule has 0 aliphatic heterocycles. The van der Waals surface area contributed by atoms with E-state index in [9.17, 15) is 0 Å².